The second-order valence-corrected chi connectivity index (χ2v) is 4.89. The number of nitrogens with one attached hydrogen (secondary N) is 1. The van der Waals surface area contributed by atoms with Crippen LogP contribution in [0.25, 0.3) is 0 Å². The van der Waals surface area contributed by atoms with Gasteiger partial charge in [0.25, 0.3) is 0 Å². The van der Waals surface area contributed by atoms with Gasteiger partial charge in [0.1, 0.15) is 0 Å². The highest BCUT2D eigenvalue weighted by Crippen LogP contribution is 2.24. The minimum Gasteiger partial charge on any atom is -0.311 e. The molecule has 0 spiro atoms. The number of hydrogen-bond acceptors (Lipinski definition) is 2. The van der Waals surface area contributed by atoms with E-state index in [2.05, 4.69) is 23.3 Å². The summed E-state index contributed by atoms with van der Waals surface area (Å²) in [4.78, 5) is 2.43. The van der Waals surface area contributed by atoms with Crippen LogP contribution in [0.1, 0.15) is 18.4 Å². The maximum absolute atomic E-state index is 6.08. The van der Waals surface area contributed by atoms with Gasteiger partial charge in [0, 0.05) is 30.7 Å². The molecule has 1 saturated carbocycles. The first-order chi connectivity index (χ1) is 7.77. The quantitative estimate of drug-likeness (QED) is 0.767. The normalized spacial score (nSPS) is 15.7. The molecule has 0 aromatic heterocycles. The van der Waals surface area contributed by atoms with Gasteiger partial charge in [-0.1, -0.05) is 29.8 Å². The summed E-state index contributed by atoms with van der Waals surface area (Å²) in [5.41, 5.74) is 1.18. The maximum atomic E-state index is 6.08. The third-order valence-corrected chi connectivity index (χ3v) is 3.45. The molecule has 0 atom stereocenters. The molecule has 1 fully saturated rings. The summed E-state index contributed by atoms with van der Waals surface area (Å²) in [6.07, 6.45) is 2.75. The van der Waals surface area contributed by atoms with E-state index in [-0.39, 0.29) is 0 Å². The molecule has 0 amide bonds. The number of hydrogen-bond donors (Lipinski definition) is 1. The maximum Gasteiger partial charge on any atom is 0.0450 e. The molecule has 0 unspecified atom stereocenters. The van der Waals surface area contributed by atoms with Crippen LogP contribution in [-0.2, 0) is 6.54 Å². The summed E-state index contributed by atoms with van der Waals surface area (Å²) in [5.74, 6) is 0. The Morgan fingerprint density at radius 1 is 1.38 bits per heavy atom. The Hall–Kier alpha value is -0.570. The predicted octanol–water partition coefficient (Wildman–Crippen LogP) is 2.52. The summed E-state index contributed by atoms with van der Waals surface area (Å²) < 4.78 is 0. The monoisotopic (exact) mass is 238 g/mol. The van der Waals surface area contributed by atoms with Crippen molar-refractivity contribution < 1.29 is 0 Å². The number of halogens is 1. The second kappa shape index (κ2) is 5.67. The molecule has 0 saturated heterocycles. The standard InChI is InChI=1S/C13H19ClN2/c1-16(12-6-7-12)9-8-15-10-11-4-2-3-5-13(11)14/h2-5,12,15H,6-10H2,1H3. The van der Waals surface area contributed by atoms with E-state index in [1.807, 2.05) is 18.2 Å². The average Bonchev–Trinajstić information content (AvgIpc) is 3.10. The van der Waals surface area contributed by atoms with E-state index in [0.717, 1.165) is 30.7 Å². The zero-order chi connectivity index (χ0) is 11.4. The van der Waals surface area contributed by atoms with E-state index in [0.29, 0.717) is 0 Å². The van der Waals surface area contributed by atoms with Crippen molar-refractivity contribution in [3.8, 4) is 0 Å². The van der Waals surface area contributed by atoms with Crippen LogP contribution in [0.15, 0.2) is 24.3 Å². The summed E-state index contributed by atoms with van der Waals surface area (Å²) in [6.45, 7) is 3.01. The molecule has 3 heteroatoms. The van der Waals surface area contributed by atoms with Crippen LogP contribution in [0, 0.1) is 0 Å². The van der Waals surface area contributed by atoms with Crippen molar-refractivity contribution >= 4 is 11.6 Å². The van der Waals surface area contributed by atoms with Crippen LogP contribution in [0.2, 0.25) is 5.02 Å². The highest BCUT2D eigenvalue weighted by Gasteiger charge is 2.25. The molecule has 88 valence electrons. The lowest BCUT2D eigenvalue weighted by Crippen LogP contribution is -2.30. The zero-order valence-corrected chi connectivity index (χ0v) is 10.5. The fraction of sp³-hybridized carbons (Fsp3) is 0.538. The minimum atomic E-state index is 0.849. The first-order valence-corrected chi connectivity index (χ1v) is 6.29. The van der Waals surface area contributed by atoms with E-state index in [1.54, 1.807) is 0 Å². The largest absolute Gasteiger partial charge is 0.311 e. The lowest BCUT2D eigenvalue weighted by molar-refractivity contribution is 0.321. The first-order valence-electron chi connectivity index (χ1n) is 5.92. The van der Waals surface area contributed by atoms with Crippen LogP contribution < -0.4 is 5.32 Å². The van der Waals surface area contributed by atoms with Gasteiger partial charge in [0.15, 0.2) is 0 Å². The SMILES string of the molecule is CN(CCNCc1ccccc1Cl)C1CC1. The van der Waals surface area contributed by atoms with Gasteiger partial charge >= 0.3 is 0 Å². The minimum absolute atomic E-state index is 0.849. The van der Waals surface area contributed by atoms with Gasteiger partial charge in [-0.25, -0.2) is 0 Å². The van der Waals surface area contributed by atoms with Crippen LogP contribution in [0.3, 0.4) is 0 Å². The third-order valence-electron chi connectivity index (χ3n) is 3.08. The summed E-state index contributed by atoms with van der Waals surface area (Å²) >= 11 is 6.08. The fourth-order valence-corrected chi connectivity index (χ4v) is 2.02. The number of likely N-dealkylation sites (N-methyl/N-ethyl adjacent to an activating group) is 1. The molecule has 2 rings (SSSR count). The molecule has 0 bridgehead atoms. The molecule has 0 radical (unpaired) electrons. The molecule has 1 aliphatic carbocycles. The molecule has 1 aliphatic rings. The van der Waals surface area contributed by atoms with Crippen molar-refractivity contribution in [1.29, 1.82) is 0 Å². The average molecular weight is 239 g/mol. The Kier molecular flexibility index (Phi) is 4.22. The van der Waals surface area contributed by atoms with Crippen LogP contribution in [0.5, 0.6) is 0 Å². The van der Waals surface area contributed by atoms with E-state index in [1.165, 1.54) is 18.4 Å². The molecule has 2 nitrogen and oxygen atoms in total. The molecular weight excluding hydrogens is 220 g/mol. The van der Waals surface area contributed by atoms with Gasteiger partial charge in [-0.15, -0.1) is 0 Å². The predicted molar refractivity (Wildman–Crippen MR) is 68.8 cm³/mol. The second-order valence-electron chi connectivity index (χ2n) is 4.48. The van der Waals surface area contributed by atoms with Gasteiger partial charge < -0.3 is 10.2 Å². The lowest BCUT2D eigenvalue weighted by Gasteiger charge is -2.15. The summed E-state index contributed by atoms with van der Waals surface area (Å²) in [6, 6.07) is 8.85. The molecule has 16 heavy (non-hydrogen) atoms. The van der Waals surface area contributed by atoms with E-state index >= 15 is 0 Å². The molecule has 0 heterocycles. The Morgan fingerprint density at radius 3 is 2.81 bits per heavy atom. The first kappa shape index (κ1) is 11.9. The van der Waals surface area contributed by atoms with Gasteiger partial charge in [0.05, 0.1) is 0 Å². The van der Waals surface area contributed by atoms with Crippen molar-refractivity contribution in [3.63, 3.8) is 0 Å². The van der Waals surface area contributed by atoms with Gasteiger partial charge in [-0.05, 0) is 31.5 Å². The number of nitrogens with zero attached hydrogens (tertiary/aromatic N) is 1. The van der Waals surface area contributed by atoms with Gasteiger partial charge in [0.2, 0.25) is 0 Å². The van der Waals surface area contributed by atoms with Crippen LogP contribution in [0.4, 0.5) is 0 Å². The molecule has 1 N–H and O–H groups in total. The Balaban J connectivity index is 1.66. The zero-order valence-electron chi connectivity index (χ0n) is 9.75. The van der Waals surface area contributed by atoms with E-state index in [4.69, 9.17) is 11.6 Å². The molecule has 1 aromatic rings. The van der Waals surface area contributed by atoms with Gasteiger partial charge in [-0.3, -0.25) is 0 Å². The Labute approximate surface area is 103 Å². The third kappa shape index (κ3) is 3.48. The van der Waals surface area contributed by atoms with E-state index in [9.17, 15) is 0 Å². The van der Waals surface area contributed by atoms with Crippen LogP contribution >= 0.6 is 11.6 Å². The Bertz CT molecular complexity index is 336. The topological polar surface area (TPSA) is 15.3 Å². The van der Waals surface area contributed by atoms with Crippen molar-refractivity contribution in [2.45, 2.75) is 25.4 Å². The smallest absolute Gasteiger partial charge is 0.0450 e. The molecular formula is C13H19ClN2. The van der Waals surface area contributed by atoms with Gasteiger partial charge in [-0.2, -0.15) is 0 Å². The highest BCUT2D eigenvalue weighted by atomic mass is 35.5. The van der Waals surface area contributed by atoms with Crippen molar-refractivity contribution in [3.05, 3.63) is 34.9 Å². The fourth-order valence-electron chi connectivity index (χ4n) is 1.82. The number of benzene rings is 1. The van der Waals surface area contributed by atoms with Crippen molar-refractivity contribution in [2.24, 2.45) is 0 Å². The molecule has 0 aliphatic heterocycles. The van der Waals surface area contributed by atoms with Crippen LogP contribution in [-0.4, -0.2) is 31.1 Å². The van der Waals surface area contributed by atoms with E-state index < -0.39 is 0 Å². The Morgan fingerprint density at radius 2 is 2.12 bits per heavy atom. The lowest BCUT2D eigenvalue weighted by atomic mass is 10.2. The number of rotatable bonds is 6. The molecule has 1 aromatic carbocycles. The van der Waals surface area contributed by atoms with Crippen molar-refractivity contribution in [2.75, 3.05) is 20.1 Å². The highest BCUT2D eigenvalue weighted by molar-refractivity contribution is 6.31. The summed E-state index contributed by atoms with van der Waals surface area (Å²) in [7, 11) is 2.20. The van der Waals surface area contributed by atoms with Crippen molar-refractivity contribution in [1.82, 2.24) is 10.2 Å². The summed E-state index contributed by atoms with van der Waals surface area (Å²) in [5, 5.41) is 4.28.